The largest absolute Gasteiger partial charge is 0.384 e. The lowest BCUT2D eigenvalue weighted by Crippen LogP contribution is -2.43. The lowest BCUT2D eigenvalue weighted by atomic mass is 9.97. The van der Waals surface area contributed by atoms with Crippen LogP contribution in [0, 0.1) is 11.8 Å². The topological polar surface area (TPSA) is 29.5 Å². The summed E-state index contributed by atoms with van der Waals surface area (Å²) in [7, 11) is 1.75. The number of rotatable bonds is 3. The van der Waals surface area contributed by atoms with Crippen LogP contribution in [0.1, 0.15) is 38.5 Å². The Bertz CT molecular complexity index is 234. The van der Waals surface area contributed by atoms with Gasteiger partial charge in [0.25, 0.3) is 0 Å². The normalized spacial score (nSPS) is 27.3. The maximum Gasteiger partial charge on any atom is 0.225 e. The minimum absolute atomic E-state index is 0.335. The van der Waals surface area contributed by atoms with Crippen molar-refractivity contribution in [2.24, 2.45) is 11.8 Å². The highest BCUT2D eigenvalue weighted by atomic mass is 16.5. The van der Waals surface area contributed by atoms with Crippen molar-refractivity contribution >= 4 is 5.91 Å². The second kappa shape index (κ2) is 5.67. The highest BCUT2D eigenvalue weighted by Gasteiger charge is 2.30. The van der Waals surface area contributed by atoms with Crippen LogP contribution in [0.3, 0.4) is 0 Å². The van der Waals surface area contributed by atoms with Crippen molar-refractivity contribution in [3.8, 4) is 0 Å². The SMILES string of the molecule is COCC1CCCN(C(=O)C2CCCC2)C1. The molecule has 3 nitrogen and oxygen atoms in total. The first-order chi connectivity index (χ1) is 7.81. The van der Waals surface area contributed by atoms with Crippen LogP contribution in [-0.2, 0) is 9.53 Å². The average Bonchev–Trinajstić information content (AvgIpc) is 2.82. The third kappa shape index (κ3) is 2.76. The van der Waals surface area contributed by atoms with Gasteiger partial charge in [-0.1, -0.05) is 12.8 Å². The molecule has 1 aliphatic heterocycles. The van der Waals surface area contributed by atoms with Crippen LogP contribution in [0.15, 0.2) is 0 Å². The van der Waals surface area contributed by atoms with E-state index in [4.69, 9.17) is 4.74 Å². The highest BCUT2D eigenvalue weighted by molar-refractivity contribution is 5.79. The minimum Gasteiger partial charge on any atom is -0.384 e. The Balaban J connectivity index is 1.85. The molecule has 1 saturated carbocycles. The van der Waals surface area contributed by atoms with E-state index in [0.29, 0.717) is 17.7 Å². The van der Waals surface area contributed by atoms with Crippen molar-refractivity contribution in [1.29, 1.82) is 0 Å². The molecule has 0 aromatic heterocycles. The number of piperidine rings is 1. The fraction of sp³-hybridized carbons (Fsp3) is 0.923. The quantitative estimate of drug-likeness (QED) is 0.736. The van der Waals surface area contributed by atoms with E-state index < -0.39 is 0 Å². The van der Waals surface area contributed by atoms with E-state index in [1.165, 1.54) is 19.3 Å². The smallest absolute Gasteiger partial charge is 0.225 e. The number of hydrogen-bond acceptors (Lipinski definition) is 2. The van der Waals surface area contributed by atoms with Gasteiger partial charge in [0.2, 0.25) is 5.91 Å². The summed E-state index contributed by atoms with van der Waals surface area (Å²) in [6, 6.07) is 0. The Kier molecular flexibility index (Phi) is 4.22. The van der Waals surface area contributed by atoms with Gasteiger partial charge in [-0.25, -0.2) is 0 Å². The van der Waals surface area contributed by atoms with Crippen molar-refractivity contribution < 1.29 is 9.53 Å². The first-order valence-electron chi connectivity index (χ1n) is 6.59. The van der Waals surface area contributed by atoms with Gasteiger partial charge in [0.15, 0.2) is 0 Å². The predicted octanol–water partition coefficient (Wildman–Crippen LogP) is 2.06. The molecule has 1 atom stereocenters. The number of carbonyl (C=O) groups excluding carboxylic acids is 1. The van der Waals surface area contributed by atoms with E-state index in [-0.39, 0.29) is 0 Å². The van der Waals surface area contributed by atoms with Crippen LogP contribution in [0.4, 0.5) is 0 Å². The molecule has 1 saturated heterocycles. The molecule has 0 radical (unpaired) electrons. The second-order valence-electron chi connectivity index (χ2n) is 5.23. The average molecular weight is 225 g/mol. The number of carbonyl (C=O) groups is 1. The zero-order valence-corrected chi connectivity index (χ0v) is 10.3. The van der Waals surface area contributed by atoms with Gasteiger partial charge < -0.3 is 9.64 Å². The third-order valence-corrected chi connectivity index (χ3v) is 3.94. The zero-order chi connectivity index (χ0) is 11.4. The Morgan fingerprint density at radius 3 is 2.69 bits per heavy atom. The van der Waals surface area contributed by atoms with Crippen LogP contribution in [0.5, 0.6) is 0 Å². The number of likely N-dealkylation sites (tertiary alicyclic amines) is 1. The monoisotopic (exact) mass is 225 g/mol. The second-order valence-corrected chi connectivity index (χ2v) is 5.23. The highest BCUT2D eigenvalue weighted by Crippen LogP contribution is 2.28. The molecular formula is C13H23NO2. The maximum atomic E-state index is 12.2. The fourth-order valence-electron chi connectivity index (χ4n) is 3.07. The molecule has 0 aromatic carbocycles. The Labute approximate surface area is 98.1 Å². The van der Waals surface area contributed by atoms with E-state index in [1.54, 1.807) is 7.11 Å². The van der Waals surface area contributed by atoms with Crippen LogP contribution in [-0.4, -0.2) is 37.6 Å². The molecular weight excluding hydrogens is 202 g/mol. The lowest BCUT2D eigenvalue weighted by Gasteiger charge is -2.34. The van der Waals surface area contributed by atoms with Gasteiger partial charge in [0.1, 0.15) is 0 Å². The molecule has 3 heteroatoms. The van der Waals surface area contributed by atoms with Crippen molar-refractivity contribution in [1.82, 2.24) is 4.90 Å². The minimum atomic E-state index is 0.335. The Morgan fingerprint density at radius 2 is 2.00 bits per heavy atom. The molecule has 1 unspecified atom stereocenters. The molecule has 2 fully saturated rings. The number of amides is 1. The van der Waals surface area contributed by atoms with Gasteiger partial charge in [0.05, 0.1) is 6.61 Å². The van der Waals surface area contributed by atoms with Crippen LogP contribution in [0.25, 0.3) is 0 Å². The molecule has 92 valence electrons. The molecule has 2 rings (SSSR count). The summed E-state index contributed by atoms with van der Waals surface area (Å²) in [6.07, 6.45) is 7.07. The summed E-state index contributed by atoms with van der Waals surface area (Å²) < 4.78 is 5.20. The van der Waals surface area contributed by atoms with E-state index in [9.17, 15) is 4.79 Å². The van der Waals surface area contributed by atoms with Gasteiger partial charge in [-0.2, -0.15) is 0 Å². The molecule has 0 spiro atoms. The van der Waals surface area contributed by atoms with Gasteiger partial charge in [-0.05, 0) is 31.6 Å². The van der Waals surface area contributed by atoms with Crippen LogP contribution < -0.4 is 0 Å². The molecule has 1 heterocycles. The van der Waals surface area contributed by atoms with Crippen LogP contribution >= 0.6 is 0 Å². The molecule has 0 N–H and O–H groups in total. The lowest BCUT2D eigenvalue weighted by molar-refractivity contribution is -0.137. The van der Waals surface area contributed by atoms with Gasteiger partial charge >= 0.3 is 0 Å². The van der Waals surface area contributed by atoms with Gasteiger partial charge in [0, 0.05) is 26.1 Å². The summed E-state index contributed by atoms with van der Waals surface area (Å²) in [5, 5.41) is 0. The van der Waals surface area contributed by atoms with E-state index in [2.05, 4.69) is 4.90 Å². The Hall–Kier alpha value is -0.570. The first-order valence-corrected chi connectivity index (χ1v) is 6.59. The summed E-state index contributed by atoms with van der Waals surface area (Å²) in [4.78, 5) is 14.3. The molecule has 0 aromatic rings. The number of nitrogens with zero attached hydrogens (tertiary/aromatic N) is 1. The fourth-order valence-corrected chi connectivity index (χ4v) is 3.07. The van der Waals surface area contributed by atoms with Crippen molar-refractivity contribution in [2.75, 3.05) is 26.8 Å². The molecule has 1 amide bonds. The molecule has 0 bridgehead atoms. The number of ether oxygens (including phenoxy) is 1. The van der Waals surface area contributed by atoms with E-state index in [1.807, 2.05) is 0 Å². The number of hydrogen-bond donors (Lipinski definition) is 0. The van der Waals surface area contributed by atoms with Crippen molar-refractivity contribution in [3.05, 3.63) is 0 Å². The summed E-state index contributed by atoms with van der Waals surface area (Å²) in [5.41, 5.74) is 0. The standard InChI is InChI=1S/C13H23NO2/c1-16-10-11-5-4-8-14(9-11)13(15)12-6-2-3-7-12/h11-12H,2-10H2,1H3. The predicted molar refractivity (Wildman–Crippen MR) is 63.1 cm³/mol. The maximum absolute atomic E-state index is 12.2. The first kappa shape index (κ1) is 11.9. The van der Waals surface area contributed by atoms with E-state index >= 15 is 0 Å². The summed E-state index contributed by atoms with van der Waals surface area (Å²) in [6.45, 7) is 2.69. The van der Waals surface area contributed by atoms with Crippen molar-refractivity contribution in [2.45, 2.75) is 38.5 Å². The summed E-state index contributed by atoms with van der Waals surface area (Å²) >= 11 is 0. The van der Waals surface area contributed by atoms with E-state index in [0.717, 1.165) is 39.0 Å². The zero-order valence-electron chi connectivity index (χ0n) is 10.3. The van der Waals surface area contributed by atoms with Gasteiger partial charge in [-0.3, -0.25) is 4.79 Å². The Morgan fingerprint density at radius 1 is 1.25 bits per heavy atom. The van der Waals surface area contributed by atoms with Gasteiger partial charge in [-0.15, -0.1) is 0 Å². The molecule has 2 aliphatic rings. The third-order valence-electron chi connectivity index (χ3n) is 3.94. The van der Waals surface area contributed by atoms with Crippen molar-refractivity contribution in [3.63, 3.8) is 0 Å². The molecule has 16 heavy (non-hydrogen) atoms. The molecule has 1 aliphatic carbocycles. The summed E-state index contributed by atoms with van der Waals surface area (Å²) in [5.74, 6) is 1.31. The van der Waals surface area contributed by atoms with Crippen LogP contribution in [0.2, 0.25) is 0 Å². The number of methoxy groups -OCH3 is 1.